The van der Waals surface area contributed by atoms with Gasteiger partial charge in [0.05, 0.1) is 66.1 Å². The standard InChI is InChI=1S/C23H48O7/c1-3-5-7-9-11-25-13-14-27-15-16-28-18-20-30-22-23(24)21-29-19-17-26-12-10-8-6-4-2/h23-24H,3-22H2,1-2H3. The van der Waals surface area contributed by atoms with Crippen LogP contribution in [0, 0.1) is 0 Å². The third-order valence-electron chi connectivity index (χ3n) is 4.39. The third-order valence-corrected chi connectivity index (χ3v) is 4.39. The molecule has 0 saturated heterocycles. The highest BCUT2D eigenvalue weighted by Gasteiger charge is 2.04. The first-order valence-electron chi connectivity index (χ1n) is 12.0. The van der Waals surface area contributed by atoms with Crippen LogP contribution in [0.25, 0.3) is 0 Å². The number of hydrogen-bond donors (Lipinski definition) is 1. The molecule has 1 atom stereocenters. The average Bonchev–Trinajstić information content (AvgIpc) is 2.75. The molecule has 7 heteroatoms. The van der Waals surface area contributed by atoms with E-state index < -0.39 is 6.10 Å². The second-order valence-corrected chi connectivity index (χ2v) is 7.37. The van der Waals surface area contributed by atoms with Crippen molar-refractivity contribution < 1.29 is 33.5 Å². The van der Waals surface area contributed by atoms with Crippen molar-refractivity contribution in [2.24, 2.45) is 0 Å². The lowest BCUT2D eigenvalue weighted by molar-refractivity contribution is -0.0456. The van der Waals surface area contributed by atoms with Crippen molar-refractivity contribution >= 4 is 0 Å². The van der Waals surface area contributed by atoms with Gasteiger partial charge in [-0.2, -0.15) is 0 Å². The fourth-order valence-corrected chi connectivity index (χ4v) is 2.63. The first-order chi connectivity index (χ1) is 14.8. The Bertz CT molecular complexity index is 305. The fourth-order valence-electron chi connectivity index (χ4n) is 2.63. The smallest absolute Gasteiger partial charge is 0.101 e. The summed E-state index contributed by atoms with van der Waals surface area (Å²) < 4.78 is 32.6. The summed E-state index contributed by atoms with van der Waals surface area (Å²) in [5, 5.41) is 9.79. The van der Waals surface area contributed by atoms with E-state index in [1.165, 1.54) is 38.5 Å². The Labute approximate surface area is 184 Å². The van der Waals surface area contributed by atoms with Gasteiger partial charge in [0.2, 0.25) is 0 Å². The molecule has 0 radical (unpaired) electrons. The molecule has 7 nitrogen and oxygen atoms in total. The van der Waals surface area contributed by atoms with E-state index in [9.17, 15) is 5.11 Å². The first-order valence-corrected chi connectivity index (χ1v) is 12.0. The summed E-state index contributed by atoms with van der Waals surface area (Å²) in [7, 11) is 0. The van der Waals surface area contributed by atoms with E-state index >= 15 is 0 Å². The van der Waals surface area contributed by atoms with E-state index in [1.807, 2.05) is 0 Å². The van der Waals surface area contributed by atoms with Crippen LogP contribution in [0.4, 0.5) is 0 Å². The van der Waals surface area contributed by atoms with Crippen LogP contribution in [-0.2, 0) is 28.4 Å². The van der Waals surface area contributed by atoms with Crippen molar-refractivity contribution in [2.75, 3.05) is 79.3 Å². The SMILES string of the molecule is CCCCCCOCCOCCOCCOCC(O)COCCOCCCCCC. The molecule has 0 aromatic carbocycles. The number of ether oxygens (including phenoxy) is 6. The third kappa shape index (κ3) is 25.8. The van der Waals surface area contributed by atoms with Gasteiger partial charge >= 0.3 is 0 Å². The Hall–Kier alpha value is -0.280. The highest BCUT2D eigenvalue weighted by molar-refractivity contribution is 4.51. The molecule has 0 spiro atoms. The summed E-state index contributed by atoms with van der Waals surface area (Å²) in [6.45, 7) is 10.8. The Morgan fingerprint density at radius 3 is 1.13 bits per heavy atom. The van der Waals surface area contributed by atoms with E-state index in [4.69, 9.17) is 28.4 Å². The largest absolute Gasteiger partial charge is 0.388 e. The highest BCUT2D eigenvalue weighted by atomic mass is 16.6. The van der Waals surface area contributed by atoms with Crippen LogP contribution < -0.4 is 0 Å². The number of aliphatic hydroxyl groups excluding tert-OH is 1. The molecule has 0 saturated carbocycles. The summed E-state index contributed by atoms with van der Waals surface area (Å²) in [6, 6.07) is 0. The van der Waals surface area contributed by atoms with Gasteiger partial charge in [-0.3, -0.25) is 0 Å². The fraction of sp³-hybridized carbons (Fsp3) is 1.00. The lowest BCUT2D eigenvalue weighted by atomic mass is 10.2. The molecule has 1 N–H and O–H groups in total. The summed E-state index contributed by atoms with van der Waals surface area (Å²) in [6.07, 6.45) is 9.10. The minimum Gasteiger partial charge on any atom is -0.388 e. The zero-order valence-corrected chi connectivity index (χ0v) is 19.6. The molecule has 0 aromatic rings. The maximum atomic E-state index is 9.79. The quantitative estimate of drug-likeness (QED) is 0.208. The maximum absolute atomic E-state index is 9.79. The molecule has 0 aliphatic rings. The topological polar surface area (TPSA) is 75.6 Å². The van der Waals surface area contributed by atoms with Gasteiger partial charge in [-0.25, -0.2) is 0 Å². The zero-order valence-electron chi connectivity index (χ0n) is 19.6. The molecular weight excluding hydrogens is 388 g/mol. The van der Waals surface area contributed by atoms with Crippen molar-refractivity contribution in [1.29, 1.82) is 0 Å². The van der Waals surface area contributed by atoms with Crippen molar-refractivity contribution in [2.45, 2.75) is 71.3 Å². The molecule has 0 aliphatic heterocycles. The average molecular weight is 437 g/mol. The second kappa shape index (κ2) is 26.8. The molecular formula is C23H48O7. The van der Waals surface area contributed by atoms with Gasteiger partial charge in [0.25, 0.3) is 0 Å². The summed E-state index contributed by atoms with van der Waals surface area (Å²) in [5.74, 6) is 0. The molecule has 0 aromatic heterocycles. The normalized spacial score (nSPS) is 12.5. The van der Waals surface area contributed by atoms with Gasteiger partial charge in [-0.1, -0.05) is 52.4 Å². The lowest BCUT2D eigenvalue weighted by Gasteiger charge is -2.12. The molecule has 1 unspecified atom stereocenters. The van der Waals surface area contributed by atoms with Crippen molar-refractivity contribution in [3.05, 3.63) is 0 Å². The van der Waals surface area contributed by atoms with Gasteiger partial charge < -0.3 is 33.5 Å². The molecule has 182 valence electrons. The number of aliphatic hydroxyl groups is 1. The molecule has 0 aliphatic carbocycles. The molecule has 0 heterocycles. The predicted molar refractivity (Wildman–Crippen MR) is 119 cm³/mol. The number of rotatable bonds is 26. The van der Waals surface area contributed by atoms with E-state index in [-0.39, 0.29) is 13.2 Å². The van der Waals surface area contributed by atoms with E-state index in [0.29, 0.717) is 52.9 Å². The van der Waals surface area contributed by atoms with Gasteiger partial charge in [0, 0.05) is 13.2 Å². The molecule has 0 rings (SSSR count). The minimum absolute atomic E-state index is 0.243. The van der Waals surface area contributed by atoms with Crippen LogP contribution in [-0.4, -0.2) is 90.5 Å². The zero-order chi connectivity index (χ0) is 22.0. The van der Waals surface area contributed by atoms with Gasteiger partial charge in [-0.15, -0.1) is 0 Å². The highest BCUT2D eigenvalue weighted by Crippen LogP contribution is 1.99. The van der Waals surface area contributed by atoms with Gasteiger partial charge in [-0.05, 0) is 12.8 Å². The van der Waals surface area contributed by atoms with Crippen molar-refractivity contribution in [1.82, 2.24) is 0 Å². The number of hydrogen-bond acceptors (Lipinski definition) is 7. The predicted octanol–water partition coefficient (Wildman–Crippen LogP) is 3.61. The van der Waals surface area contributed by atoms with Crippen molar-refractivity contribution in [3.63, 3.8) is 0 Å². The lowest BCUT2D eigenvalue weighted by Crippen LogP contribution is -2.24. The van der Waals surface area contributed by atoms with Crippen LogP contribution in [0.1, 0.15) is 65.2 Å². The Morgan fingerprint density at radius 2 is 0.767 bits per heavy atom. The van der Waals surface area contributed by atoms with Crippen LogP contribution in [0.2, 0.25) is 0 Å². The molecule has 0 amide bonds. The summed E-state index contributed by atoms with van der Waals surface area (Å²) in [4.78, 5) is 0. The van der Waals surface area contributed by atoms with E-state index in [0.717, 1.165) is 26.1 Å². The minimum atomic E-state index is -0.625. The van der Waals surface area contributed by atoms with Gasteiger partial charge in [0.1, 0.15) is 6.10 Å². The van der Waals surface area contributed by atoms with E-state index in [1.54, 1.807) is 0 Å². The van der Waals surface area contributed by atoms with Crippen LogP contribution in [0.15, 0.2) is 0 Å². The van der Waals surface area contributed by atoms with Gasteiger partial charge in [0.15, 0.2) is 0 Å². The number of unbranched alkanes of at least 4 members (excludes halogenated alkanes) is 6. The molecule has 0 fully saturated rings. The Balaban J connectivity index is 3.12. The summed E-state index contributed by atoms with van der Waals surface area (Å²) >= 11 is 0. The first kappa shape index (κ1) is 29.7. The van der Waals surface area contributed by atoms with Crippen LogP contribution in [0.3, 0.4) is 0 Å². The Morgan fingerprint density at radius 1 is 0.433 bits per heavy atom. The second-order valence-electron chi connectivity index (χ2n) is 7.37. The van der Waals surface area contributed by atoms with Crippen molar-refractivity contribution in [3.8, 4) is 0 Å². The molecule has 0 bridgehead atoms. The maximum Gasteiger partial charge on any atom is 0.101 e. The van der Waals surface area contributed by atoms with Crippen LogP contribution >= 0.6 is 0 Å². The Kier molecular flexibility index (Phi) is 26.5. The monoisotopic (exact) mass is 436 g/mol. The summed E-state index contributed by atoms with van der Waals surface area (Å²) in [5.41, 5.74) is 0. The van der Waals surface area contributed by atoms with Crippen LogP contribution in [0.5, 0.6) is 0 Å². The van der Waals surface area contributed by atoms with E-state index in [2.05, 4.69) is 13.8 Å². The molecule has 30 heavy (non-hydrogen) atoms.